The van der Waals surface area contributed by atoms with Crippen LogP contribution < -0.4 is 4.72 Å². The van der Waals surface area contributed by atoms with E-state index in [0.29, 0.717) is 17.1 Å². The number of nitrogens with one attached hydrogen (secondary N) is 2. The number of fused-ring (bicyclic) bond motifs is 1. The number of aromatic nitrogens is 2. The molecule has 2 aromatic carbocycles. The predicted molar refractivity (Wildman–Crippen MR) is 92.0 cm³/mol. The van der Waals surface area contributed by atoms with E-state index < -0.39 is 26.6 Å². The van der Waals surface area contributed by atoms with Crippen molar-refractivity contribution in [3.05, 3.63) is 53.9 Å². The van der Waals surface area contributed by atoms with Crippen LogP contribution in [0.2, 0.25) is 0 Å². The van der Waals surface area contributed by atoms with Gasteiger partial charge in [-0.25, -0.2) is 22.2 Å². The number of sulfonamides is 1. The molecule has 3 rings (SSSR count). The Labute approximate surface area is 144 Å². The van der Waals surface area contributed by atoms with Crippen LogP contribution in [-0.2, 0) is 15.4 Å². The lowest BCUT2D eigenvalue weighted by molar-refractivity contribution is 0.554. The second kappa shape index (κ2) is 5.80. The van der Waals surface area contributed by atoms with Crippen molar-refractivity contribution < 1.29 is 17.2 Å². The topological polar surface area (TPSA) is 74.8 Å². The van der Waals surface area contributed by atoms with E-state index in [0.717, 1.165) is 18.0 Å². The standard InChI is InChI=1S/C17H17F2N3O2S/c1-17(2,3)16-20-14-5-4-12(9-15(14)21-16)22-25(23,24)13-7-10(18)6-11(19)8-13/h4-9,22H,1-3H3,(H,20,21). The number of imidazole rings is 1. The van der Waals surface area contributed by atoms with Crippen molar-refractivity contribution in [2.75, 3.05) is 4.72 Å². The van der Waals surface area contributed by atoms with Gasteiger partial charge in [-0.05, 0) is 30.3 Å². The lowest BCUT2D eigenvalue weighted by Crippen LogP contribution is -2.13. The van der Waals surface area contributed by atoms with Gasteiger partial charge in [0.25, 0.3) is 10.0 Å². The summed E-state index contributed by atoms with van der Waals surface area (Å²) in [6.07, 6.45) is 0. The first-order chi connectivity index (χ1) is 11.5. The number of halogens is 2. The molecule has 5 nitrogen and oxygen atoms in total. The Morgan fingerprint density at radius 1 is 1.04 bits per heavy atom. The van der Waals surface area contributed by atoms with Gasteiger partial charge in [0.05, 0.1) is 21.6 Å². The maximum atomic E-state index is 13.3. The Morgan fingerprint density at radius 3 is 2.28 bits per heavy atom. The van der Waals surface area contributed by atoms with Gasteiger partial charge in [0, 0.05) is 11.5 Å². The van der Waals surface area contributed by atoms with E-state index in [4.69, 9.17) is 0 Å². The van der Waals surface area contributed by atoms with Crippen LogP contribution >= 0.6 is 0 Å². The second-order valence-electron chi connectivity index (χ2n) is 6.78. The molecule has 0 unspecified atom stereocenters. The van der Waals surface area contributed by atoms with Crippen LogP contribution in [0, 0.1) is 11.6 Å². The van der Waals surface area contributed by atoms with Gasteiger partial charge < -0.3 is 4.98 Å². The number of nitrogens with zero attached hydrogens (tertiary/aromatic N) is 1. The Kier molecular flexibility index (Phi) is 4.03. The fourth-order valence-corrected chi connectivity index (χ4v) is 3.42. The molecule has 0 spiro atoms. The summed E-state index contributed by atoms with van der Waals surface area (Å²) in [6, 6.07) is 6.94. The number of hydrogen-bond acceptors (Lipinski definition) is 3. The molecule has 1 aromatic heterocycles. The number of rotatable bonds is 3. The zero-order valence-corrected chi connectivity index (χ0v) is 14.7. The van der Waals surface area contributed by atoms with E-state index >= 15 is 0 Å². The van der Waals surface area contributed by atoms with Gasteiger partial charge in [0.2, 0.25) is 0 Å². The maximum absolute atomic E-state index is 13.3. The summed E-state index contributed by atoms with van der Waals surface area (Å²) in [7, 11) is -4.11. The summed E-state index contributed by atoms with van der Waals surface area (Å²) < 4.78 is 53.5. The minimum Gasteiger partial charge on any atom is -0.341 e. The van der Waals surface area contributed by atoms with Crippen LogP contribution in [0.5, 0.6) is 0 Å². The van der Waals surface area contributed by atoms with Crippen LogP contribution in [0.15, 0.2) is 41.3 Å². The van der Waals surface area contributed by atoms with Crippen LogP contribution in [0.1, 0.15) is 26.6 Å². The van der Waals surface area contributed by atoms with E-state index in [1.54, 1.807) is 18.2 Å². The molecule has 2 N–H and O–H groups in total. The normalized spacial score (nSPS) is 12.5. The number of anilines is 1. The van der Waals surface area contributed by atoms with Gasteiger partial charge in [-0.1, -0.05) is 20.8 Å². The molecule has 1 heterocycles. The van der Waals surface area contributed by atoms with Gasteiger partial charge in [-0.15, -0.1) is 0 Å². The molecule has 132 valence electrons. The highest BCUT2D eigenvalue weighted by Gasteiger charge is 2.20. The largest absolute Gasteiger partial charge is 0.341 e. The van der Waals surface area contributed by atoms with Crippen LogP contribution in [-0.4, -0.2) is 18.4 Å². The zero-order chi connectivity index (χ0) is 18.4. The molecule has 0 atom stereocenters. The Bertz CT molecular complexity index is 1030. The fourth-order valence-electron chi connectivity index (χ4n) is 2.33. The van der Waals surface area contributed by atoms with E-state index in [9.17, 15) is 17.2 Å². The smallest absolute Gasteiger partial charge is 0.262 e. The quantitative estimate of drug-likeness (QED) is 0.738. The van der Waals surface area contributed by atoms with Gasteiger partial charge in [0.15, 0.2) is 0 Å². The molecule has 0 aliphatic carbocycles. The number of H-pyrrole nitrogens is 1. The molecule has 25 heavy (non-hydrogen) atoms. The highest BCUT2D eigenvalue weighted by molar-refractivity contribution is 7.92. The number of hydrogen-bond donors (Lipinski definition) is 2. The summed E-state index contributed by atoms with van der Waals surface area (Å²) >= 11 is 0. The van der Waals surface area contributed by atoms with Crippen molar-refractivity contribution in [1.29, 1.82) is 0 Å². The van der Waals surface area contributed by atoms with Crippen molar-refractivity contribution in [2.45, 2.75) is 31.1 Å². The summed E-state index contributed by atoms with van der Waals surface area (Å²) in [4.78, 5) is 7.14. The van der Waals surface area contributed by atoms with Gasteiger partial charge >= 0.3 is 0 Å². The predicted octanol–water partition coefficient (Wildman–Crippen LogP) is 3.94. The minimum absolute atomic E-state index is 0.183. The summed E-state index contributed by atoms with van der Waals surface area (Å²) in [5.74, 6) is -1.15. The zero-order valence-electron chi connectivity index (χ0n) is 13.9. The molecule has 0 radical (unpaired) electrons. The molecule has 0 saturated carbocycles. The molecular formula is C17H17F2N3O2S. The second-order valence-corrected chi connectivity index (χ2v) is 8.46. The molecule has 3 aromatic rings. The van der Waals surface area contributed by atoms with Gasteiger partial charge in [0.1, 0.15) is 17.5 Å². The molecule has 0 amide bonds. The summed E-state index contributed by atoms with van der Waals surface area (Å²) in [5.41, 5.74) is 1.44. The third-order valence-electron chi connectivity index (χ3n) is 3.59. The van der Waals surface area contributed by atoms with Crippen molar-refractivity contribution in [3.8, 4) is 0 Å². The number of aromatic amines is 1. The summed E-state index contributed by atoms with van der Waals surface area (Å²) in [5, 5.41) is 0. The highest BCUT2D eigenvalue weighted by Crippen LogP contribution is 2.25. The van der Waals surface area contributed by atoms with Crippen LogP contribution in [0.4, 0.5) is 14.5 Å². The van der Waals surface area contributed by atoms with Crippen LogP contribution in [0.3, 0.4) is 0 Å². The Balaban J connectivity index is 1.96. The van der Waals surface area contributed by atoms with E-state index in [1.165, 1.54) is 0 Å². The Morgan fingerprint density at radius 2 is 1.68 bits per heavy atom. The SMILES string of the molecule is CC(C)(C)c1nc2ccc(NS(=O)(=O)c3cc(F)cc(F)c3)cc2[nH]1. The lowest BCUT2D eigenvalue weighted by Gasteiger charge is -2.13. The maximum Gasteiger partial charge on any atom is 0.262 e. The minimum atomic E-state index is -4.11. The van der Waals surface area contributed by atoms with Crippen molar-refractivity contribution in [2.24, 2.45) is 0 Å². The van der Waals surface area contributed by atoms with Crippen LogP contribution in [0.25, 0.3) is 11.0 Å². The van der Waals surface area contributed by atoms with Crippen molar-refractivity contribution >= 4 is 26.7 Å². The third-order valence-corrected chi connectivity index (χ3v) is 4.95. The molecule has 0 fully saturated rings. The Hall–Kier alpha value is -2.48. The van der Waals surface area contributed by atoms with Gasteiger partial charge in [-0.2, -0.15) is 0 Å². The third kappa shape index (κ3) is 3.63. The average Bonchev–Trinajstić information content (AvgIpc) is 2.89. The fraction of sp³-hybridized carbons (Fsp3) is 0.235. The monoisotopic (exact) mass is 365 g/mol. The lowest BCUT2D eigenvalue weighted by atomic mass is 9.96. The average molecular weight is 365 g/mol. The molecular weight excluding hydrogens is 348 g/mol. The molecule has 0 aliphatic rings. The van der Waals surface area contributed by atoms with Crippen molar-refractivity contribution in [3.63, 3.8) is 0 Å². The molecule has 0 aliphatic heterocycles. The molecule has 0 bridgehead atoms. The van der Waals surface area contributed by atoms with E-state index in [-0.39, 0.29) is 11.1 Å². The van der Waals surface area contributed by atoms with Crippen molar-refractivity contribution in [1.82, 2.24) is 9.97 Å². The molecule has 0 saturated heterocycles. The first-order valence-electron chi connectivity index (χ1n) is 7.54. The first-order valence-corrected chi connectivity index (χ1v) is 9.02. The first kappa shape index (κ1) is 17.3. The number of benzene rings is 2. The summed E-state index contributed by atoms with van der Waals surface area (Å²) in [6.45, 7) is 6.02. The van der Waals surface area contributed by atoms with E-state index in [2.05, 4.69) is 14.7 Å². The molecule has 8 heteroatoms. The highest BCUT2D eigenvalue weighted by atomic mass is 32.2. The van der Waals surface area contributed by atoms with Gasteiger partial charge in [-0.3, -0.25) is 4.72 Å². The van der Waals surface area contributed by atoms with E-state index in [1.807, 2.05) is 20.8 Å².